The van der Waals surface area contributed by atoms with Gasteiger partial charge in [0.1, 0.15) is 11.7 Å². The summed E-state index contributed by atoms with van der Waals surface area (Å²) in [7, 11) is 0. The Morgan fingerprint density at radius 1 is 1.32 bits per heavy atom. The minimum atomic E-state index is -0.944. The molecule has 9 nitrogen and oxygen atoms in total. The van der Waals surface area contributed by atoms with Gasteiger partial charge in [0, 0.05) is 30.5 Å². The van der Waals surface area contributed by atoms with Crippen molar-refractivity contribution in [3.05, 3.63) is 30.9 Å². The molecule has 28 heavy (non-hydrogen) atoms. The van der Waals surface area contributed by atoms with E-state index < -0.39 is 12.0 Å². The van der Waals surface area contributed by atoms with Crippen molar-refractivity contribution in [2.24, 2.45) is 5.92 Å². The maximum Gasteiger partial charge on any atom is 0.328 e. The molecule has 3 aromatic rings. The molecule has 0 amide bonds. The summed E-state index contributed by atoms with van der Waals surface area (Å²) in [4.78, 5) is 20.1. The predicted molar refractivity (Wildman–Crippen MR) is 103 cm³/mol. The average molecular weight is 384 g/mol. The number of hydrogen-bond acceptors (Lipinski definition) is 6. The van der Waals surface area contributed by atoms with Crippen LogP contribution in [0.2, 0.25) is 0 Å². The number of aromatic nitrogens is 5. The monoisotopic (exact) mass is 384 g/mol. The SMILES string of the molecule is CC(C(=O)O)n1cc(Nc2ncc3ccn(CC4CCC(O)CC4)c3n2)cn1. The van der Waals surface area contributed by atoms with Crippen molar-refractivity contribution in [1.82, 2.24) is 24.3 Å². The lowest BCUT2D eigenvalue weighted by Gasteiger charge is -2.25. The first-order chi connectivity index (χ1) is 13.5. The van der Waals surface area contributed by atoms with Crippen molar-refractivity contribution in [3.8, 4) is 0 Å². The van der Waals surface area contributed by atoms with Gasteiger partial charge >= 0.3 is 5.97 Å². The van der Waals surface area contributed by atoms with Crippen LogP contribution < -0.4 is 5.32 Å². The Labute approximate surface area is 162 Å². The second-order valence-corrected chi connectivity index (χ2v) is 7.46. The molecule has 1 aliphatic rings. The lowest BCUT2D eigenvalue weighted by molar-refractivity contribution is -0.140. The molecule has 0 radical (unpaired) electrons. The molecule has 9 heteroatoms. The molecular weight excluding hydrogens is 360 g/mol. The Hall–Kier alpha value is -2.94. The van der Waals surface area contributed by atoms with Crippen LogP contribution in [0.5, 0.6) is 0 Å². The van der Waals surface area contributed by atoms with Gasteiger partial charge in [0.15, 0.2) is 0 Å². The van der Waals surface area contributed by atoms with Crippen LogP contribution in [0.25, 0.3) is 11.0 Å². The molecule has 3 heterocycles. The molecule has 0 aliphatic heterocycles. The number of anilines is 2. The lowest BCUT2D eigenvalue weighted by Crippen LogP contribution is -2.21. The number of aliphatic carboxylic acids is 1. The van der Waals surface area contributed by atoms with Crippen LogP contribution >= 0.6 is 0 Å². The van der Waals surface area contributed by atoms with Crippen molar-refractivity contribution in [3.63, 3.8) is 0 Å². The highest BCUT2D eigenvalue weighted by atomic mass is 16.4. The number of rotatable bonds is 6. The summed E-state index contributed by atoms with van der Waals surface area (Å²) < 4.78 is 3.52. The van der Waals surface area contributed by atoms with E-state index in [2.05, 4.69) is 25.0 Å². The highest BCUT2D eigenvalue weighted by Gasteiger charge is 2.20. The summed E-state index contributed by atoms with van der Waals surface area (Å²) in [6, 6.07) is 1.26. The molecule has 1 saturated carbocycles. The van der Waals surface area contributed by atoms with Gasteiger partial charge in [-0.2, -0.15) is 10.1 Å². The van der Waals surface area contributed by atoms with Crippen molar-refractivity contribution in [1.29, 1.82) is 0 Å². The number of aliphatic hydroxyl groups excluding tert-OH is 1. The third kappa shape index (κ3) is 3.84. The molecule has 3 aromatic heterocycles. The molecule has 0 aromatic carbocycles. The molecule has 0 saturated heterocycles. The van der Waals surface area contributed by atoms with Gasteiger partial charge < -0.3 is 20.1 Å². The summed E-state index contributed by atoms with van der Waals surface area (Å²) in [6.45, 7) is 2.44. The Balaban J connectivity index is 1.50. The van der Waals surface area contributed by atoms with Crippen molar-refractivity contribution < 1.29 is 15.0 Å². The average Bonchev–Trinajstić information content (AvgIpc) is 3.30. The van der Waals surface area contributed by atoms with Crippen LogP contribution in [0, 0.1) is 5.92 Å². The van der Waals surface area contributed by atoms with E-state index in [0.29, 0.717) is 17.6 Å². The molecular formula is C19H24N6O3. The van der Waals surface area contributed by atoms with Crippen LogP contribution in [-0.4, -0.2) is 46.6 Å². The Morgan fingerprint density at radius 2 is 2.11 bits per heavy atom. The number of nitrogens with one attached hydrogen (secondary N) is 1. The Bertz CT molecular complexity index is 973. The first-order valence-electron chi connectivity index (χ1n) is 9.53. The van der Waals surface area contributed by atoms with E-state index in [1.54, 1.807) is 25.5 Å². The van der Waals surface area contributed by atoms with Gasteiger partial charge in [-0.05, 0) is 44.6 Å². The highest BCUT2D eigenvalue weighted by Crippen LogP contribution is 2.27. The van der Waals surface area contributed by atoms with Gasteiger partial charge in [0.05, 0.1) is 18.0 Å². The number of aliphatic hydroxyl groups is 1. The number of hydrogen-bond donors (Lipinski definition) is 3. The van der Waals surface area contributed by atoms with Gasteiger partial charge in [-0.1, -0.05) is 0 Å². The van der Waals surface area contributed by atoms with E-state index in [4.69, 9.17) is 5.11 Å². The van der Waals surface area contributed by atoms with Crippen molar-refractivity contribution >= 4 is 28.6 Å². The molecule has 4 rings (SSSR count). The molecule has 1 unspecified atom stereocenters. The quantitative estimate of drug-likeness (QED) is 0.598. The van der Waals surface area contributed by atoms with E-state index in [1.807, 2.05) is 12.3 Å². The zero-order valence-electron chi connectivity index (χ0n) is 15.7. The fraction of sp³-hybridized carbons (Fsp3) is 0.474. The van der Waals surface area contributed by atoms with E-state index in [0.717, 1.165) is 43.3 Å². The first-order valence-corrected chi connectivity index (χ1v) is 9.53. The Kier molecular flexibility index (Phi) is 4.99. The topological polar surface area (TPSA) is 118 Å². The maximum absolute atomic E-state index is 11.1. The second-order valence-electron chi connectivity index (χ2n) is 7.46. The van der Waals surface area contributed by atoms with E-state index in [-0.39, 0.29) is 6.10 Å². The van der Waals surface area contributed by atoms with E-state index >= 15 is 0 Å². The van der Waals surface area contributed by atoms with Crippen molar-refractivity contribution in [2.45, 2.75) is 51.3 Å². The van der Waals surface area contributed by atoms with Gasteiger partial charge in [-0.3, -0.25) is 4.68 Å². The highest BCUT2D eigenvalue weighted by molar-refractivity contribution is 5.76. The summed E-state index contributed by atoms with van der Waals surface area (Å²) >= 11 is 0. The second kappa shape index (κ2) is 7.59. The zero-order chi connectivity index (χ0) is 19.7. The van der Waals surface area contributed by atoms with E-state index in [9.17, 15) is 9.90 Å². The number of carbonyl (C=O) groups is 1. The van der Waals surface area contributed by atoms with Crippen LogP contribution in [0.4, 0.5) is 11.6 Å². The summed E-state index contributed by atoms with van der Waals surface area (Å²) in [5, 5.41) is 26.9. The number of carboxylic acids is 1. The van der Waals surface area contributed by atoms with Gasteiger partial charge in [-0.25, -0.2) is 9.78 Å². The third-order valence-corrected chi connectivity index (χ3v) is 5.39. The smallest absolute Gasteiger partial charge is 0.328 e. The lowest BCUT2D eigenvalue weighted by atomic mass is 9.87. The molecule has 3 N–H and O–H groups in total. The predicted octanol–water partition coefficient (Wildman–Crippen LogP) is 2.57. The number of fused-ring (bicyclic) bond motifs is 1. The normalized spacial score (nSPS) is 20.9. The minimum Gasteiger partial charge on any atom is -0.480 e. The fourth-order valence-electron chi connectivity index (χ4n) is 3.64. The molecule has 1 atom stereocenters. The standard InChI is InChI=1S/C19H24N6O3/c1-12(18(27)28)25-11-15(9-21-25)22-19-20-8-14-6-7-24(17(14)23-19)10-13-2-4-16(26)5-3-13/h6-9,11-13,16,26H,2-5,10H2,1H3,(H,27,28)(H,20,22,23). The third-order valence-electron chi connectivity index (χ3n) is 5.39. The summed E-state index contributed by atoms with van der Waals surface area (Å²) in [6.07, 6.45) is 10.6. The zero-order valence-corrected chi connectivity index (χ0v) is 15.7. The Morgan fingerprint density at radius 3 is 2.86 bits per heavy atom. The number of nitrogens with zero attached hydrogens (tertiary/aromatic N) is 5. The molecule has 0 spiro atoms. The molecule has 148 valence electrons. The van der Waals surface area contributed by atoms with Crippen molar-refractivity contribution in [2.75, 3.05) is 5.32 Å². The van der Waals surface area contributed by atoms with Gasteiger partial charge in [0.2, 0.25) is 5.95 Å². The van der Waals surface area contributed by atoms with Crippen LogP contribution in [0.1, 0.15) is 38.6 Å². The van der Waals surface area contributed by atoms with Gasteiger partial charge in [0.25, 0.3) is 0 Å². The first kappa shape index (κ1) is 18.4. The number of carboxylic acid groups (broad SMARTS) is 1. The summed E-state index contributed by atoms with van der Waals surface area (Å²) in [5.74, 6) is 0.0375. The fourth-order valence-corrected chi connectivity index (χ4v) is 3.64. The van der Waals surface area contributed by atoms with Crippen LogP contribution in [0.3, 0.4) is 0 Å². The minimum absolute atomic E-state index is 0.152. The van der Waals surface area contributed by atoms with Crippen LogP contribution in [-0.2, 0) is 11.3 Å². The maximum atomic E-state index is 11.1. The summed E-state index contributed by atoms with van der Waals surface area (Å²) in [5.41, 5.74) is 1.49. The molecule has 1 fully saturated rings. The van der Waals surface area contributed by atoms with Gasteiger partial charge in [-0.15, -0.1) is 0 Å². The largest absolute Gasteiger partial charge is 0.480 e. The van der Waals surface area contributed by atoms with Crippen LogP contribution in [0.15, 0.2) is 30.9 Å². The molecule has 0 bridgehead atoms. The van der Waals surface area contributed by atoms with E-state index in [1.165, 1.54) is 4.68 Å². The molecule has 1 aliphatic carbocycles.